The highest BCUT2D eigenvalue weighted by molar-refractivity contribution is 6.00. The standard InChI is InChI=1S/C14H15FN2O2/c1-3-4-5-6-14(19)17-11-7-8-12(15)13(9-11)16-10(2)18/h3-9H,1-2H3,(H,16,18)(H,17,19)/b4-3+,6-5+. The monoisotopic (exact) mass is 262 g/mol. The number of benzene rings is 1. The molecule has 0 aliphatic rings. The van der Waals surface area contributed by atoms with Gasteiger partial charge in [0, 0.05) is 18.7 Å². The molecule has 0 heterocycles. The Bertz CT molecular complexity index is 536. The number of carbonyl (C=O) groups excluding carboxylic acids is 2. The Morgan fingerprint density at radius 3 is 2.58 bits per heavy atom. The molecule has 0 radical (unpaired) electrons. The van der Waals surface area contributed by atoms with Gasteiger partial charge < -0.3 is 10.6 Å². The van der Waals surface area contributed by atoms with Gasteiger partial charge in [-0.05, 0) is 25.1 Å². The van der Waals surface area contributed by atoms with E-state index in [2.05, 4.69) is 10.6 Å². The van der Waals surface area contributed by atoms with Gasteiger partial charge in [-0.15, -0.1) is 0 Å². The van der Waals surface area contributed by atoms with E-state index in [1.807, 2.05) is 6.92 Å². The summed E-state index contributed by atoms with van der Waals surface area (Å²) in [6, 6.07) is 3.96. The van der Waals surface area contributed by atoms with Crippen molar-refractivity contribution >= 4 is 23.2 Å². The highest BCUT2D eigenvalue weighted by Gasteiger charge is 2.06. The van der Waals surface area contributed by atoms with Gasteiger partial charge in [0.15, 0.2) is 0 Å². The number of allylic oxidation sites excluding steroid dienone is 3. The predicted octanol–water partition coefficient (Wildman–Crippen LogP) is 2.85. The Labute approximate surface area is 111 Å². The van der Waals surface area contributed by atoms with E-state index < -0.39 is 5.82 Å². The zero-order valence-electron chi connectivity index (χ0n) is 10.7. The van der Waals surface area contributed by atoms with Crippen molar-refractivity contribution in [3.05, 3.63) is 48.3 Å². The van der Waals surface area contributed by atoms with Crippen molar-refractivity contribution in [2.24, 2.45) is 0 Å². The topological polar surface area (TPSA) is 58.2 Å². The maximum Gasteiger partial charge on any atom is 0.248 e. The maximum absolute atomic E-state index is 13.4. The molecule has 1 aromatic rings. The fourth-order valence-electron chi connectivity index (χ4n) is 1.33. The van der Waals surface area contributed by atoms with Gasteiger partial charge in [-0.25, -0.2) is 4.39 Å². The molecule has 2 N–H and O–H groups in total. The van der Waals surface area contributed by atoms with Crippen LogP contribution in [0.1, 0.15) is 13.8 Å². The summed E-state index contributed by atoms with van der Waals surface area (Å²) in [6.45, 7) is 3.12. The van der Waals surface area contributed by atoms with Crippen LogP contribution in [-0.4, -0.2) is 11.8 Å². The lowest BCUT2D eigenvalue weighted by Gasteiger charge is -2.07. The molecule has 5 heteroatoms. The van der Waals surface area contributed by atoms with Crippen LogP contribution in [0.2, 0.25) is 0 Å². The van der Waals surface area contributed by atoms with E-state index in [4.69, 9.17) is 0 Å². The molecule has 0 fully saturated rings. The summed E-state index contributed by atoms with van der Waals surface area (Å²) in [5.74, 6) is -1.27. The molecular weight excluding hydrogens is 247 g/mol. The summed E-state index contributed by atoms with van der Waals surface area (Å²) >= 11 is 0. The SMILES string of the molecule is C/C=C/C=C/C(=O)Nc1ccc(F)c(NC(C)=O)c1. The molecule has 0 saturated carbocycles. The lowest BCUT2D eigenvalue weighted by atomic mass is 10.2. The summed E-state index contributed by atoms with van der Waals surface area (Å²) < 4.78 is 13.4. The molecule has 0 unspecified atom stereocenters. The molecule has 0 aliphatic heterocycles. The second kappa shape index (κ2) is 7.10. The molecule has 0 aromatic heterocycles. The van der Waals surface area contributed by atoms with Gasteiger partial charge in [-0.3, -0.25) is 9.59 Å². The van der Waals surface area contributed by atoms with Gasteiger partial charge in [0.1, 0.15) is 5.82 Å². The molecule has 0 aliphatic carbocycles. The number of amides is 2. The molecule has 100 valence electrons. The number of carbonyl (C=O) groups is 2. The van der Waals surface area contributed by atoms with Crippen LogP contribution in [0.15, 0.2) is 42.5 Å². The Morgan fingerprint density at radius 2 is 1.95 bits per heavy atom. The minimum Gasteiger partial charge on any atom is -0.324 e. The van der Waals surface area contributed by atoms with Gasteiger partial charge in [-0.2, -0.15) is 0 Å². The second-order valence-electron chi connectivity index (χ2n) is 3.75. The van der Waals surface area contributed by atoms with Crippen molar-refractivity contribution in [3.8, 4) is 0 Å². The fraction of sp³-hybridized carbons (Fsp3) is 0.143. The Kier molecular flexibility index (Phi) is 5.47. The van der Waals surface area contributed by atoms with Crippen molar-refractivity contribution in [2.45, 2.75) is 13.8 Å². The van der Waals surface area contributed by atoms with Crippen molar-refractivity contribution < 1.29 is 14.0 Å². The molecule has 0 spiro atoms. The summed E-state index contributed by atoms with van der Waals surface area (Å²) in [6.07, 6.45) is 6.44. The Morgan fingerprint density at radius 1 is 1.21 bits per heavy atom. The van der Waals surface area contributed by atoms with E-state index in [0.29, 0.717) is 5.69 Å². The molecule has 19 heavy (non-hydrogen) atoms. The van der Waals surface area contributed by atoms with E-state index in [-0.39, 0.29) is 17.5 Å². The third-order valence-corrected chi connectivity index (χ3v) is 2.10. The van der Waals surface area contributed by atoms with Crippen molar-refractivity contribution in [1.82, 2.24) is 0 Å². The van der Waals surface area contributed by atoms with Gasteiger partial charge in [0.05, 0.1) is 5.69 Å². The van der Waals surface area contributed by atoms with Crippen molar-refractivity contribution in [1.29, 1.82) is 0 Å². The first-order chi connectivity index (χ1) is 9.02. The van der Waals surface area contributed by atoms with Crippen LogP contribution in [0.3, 0.4) is 0 Å². The molecule has 0 saturated heterocycles. The molecule has 0 bridgehead atoms. The highest BCUT2D eigenvalue weighted by Crippen LogP contribution is 2.19. The van der Waals surface area contributed by atoms with Gasteiger partial charge in [-0.1, -0.05) is 18.2 Å². The first-order valence-corrected chi connectivity index (χ1v) is 5.70. The van der Waals surface area contributed by atoms with Crippen LogP contribution in [0.5, 0.6) is 0 Å². The van der Waals surface area contributed by atoms with Crippen LogP contribution >= 0.6 is 0 Å². The molecular formula is C14H15FN2O2. The maximum atomic E-state index is 13.4. The third kappa shape index (κ3) is 5.16. The molecule has 0 atom stereocenters. The van der Waals surface area contributed by atoms with E-state index in [1.54, 1.807) is 18.2 Å². The Hall–Kier alpha value is -2.43. The van der Waals surface area contributed by atoms with Crippen LogP contribution in [0.4, 0.5) is 15.8 Å². The average Bonchev–Trinajstić information content (AvgIpc) is 2.33. The lowest BCUT2D eigenvalue weighted by molar-refractivity contribution is -0.114. The predicted molar refractivity (Wildman–Crippen MR) is 73.3 cm³/mol. The van der Waals surface area contributed by atoms with Crippen molar-refractivity contribution in [3.63, 3.8) is 0 Å². The van der Waals surface area contributed by atoms with Crippen LogP contribution in [0, 0.1) is 5.82 Å². The fourth-order valence-corrected chi connectivity index (χ4v) is 1.33. The van der Waals surface area contributed by atoms with E-state index in [1.165, 1.54) is 31.2 Å². The van der Waals surface area contributed by atoms with Gasteiger partial charge >= 0.3 is 0 Å². The zero-order chi connectivity index (χ0) is 14.3. The smallest absolute Gasteiger partial charge is 0.248 e. The number of anilines is 2. The summed E-state index contributed by atoms with van der Waals surface area (Å²) in [5.41, 5.74) is 0.433. The summed E-state index contributed by atoms with van der Waals surface area (Å²) in [4.78, 5) is 22.4. The number of hydrogen-bond acceptors (Lipinski definition) is 2. The van der Waals surface area contributed by atoms with Crippen LogP contribution in [-0.2, 0) is 9.59 Å². The molecule has 4 nitrogen and oxygen atoms in total. The van der Waals surface area contributed by atoms with E-state index in [9.17, 15) is 14.0 Å². The minimum atomic E-state index is -0.558. The second-order valence-corrected chi connectivity index (χ2v) is 3.75. The Balaban J connectivity index is 2.79. The van der Waals surface area contributed by atoms with Crippen LogP contribution in [0.25, 0.3) is 0 Å². The van der Waals surface area contributed by atoms with Gasteiger partial charge in [0.25, 0.3) is 0 Å². The highest BCUT2D eigenvalue weighted by atomic mass is 19.1. The zero-order valence-corrected chi connectivity index (χ0v) is 10.7. The molecule has 1 rings (SSSR count). The summed E-state index contributed by atoms with van der Waals surface area (Å²) in [7, 11) is 0. The summed E-state index contributed by atoms with van der Waals surface area (Å²) in [5, 5.41) is 4.91. The van der Waals surface area contributed by atoms with Crippen molar-refractivity contribution in [2.75, 3.05) is 10.6 Å². The molecule has 2 amide bonds. The number of hydrogen-bond donors (Lipinski definition) is 2. The molecule has 1 aromatic carbocycles. The van der Waals surface area contributed by atoms with E-state index in [0.717, 1.165) is 0 Å². The number of nitrogens with one attached hydrogen (secondary N) is 2. The first-order valence-electron chi connectivity index (χ1n) is 5.70. The van der Waals surface area contributed by atoms with E-state index >= 15 is 0 Å². The minimum absolute atomic E-state index is 0.0303. The number of halogens is 1. The first kappa shape index (κ1) is 14.6. The average molecular weight is 262 g/mol. The van der Waals surface area contributed by atoms with Gasteiger partial charge in [0.2, 0.25) is 11.8 Å². The normalized spacial score (nSPS) is 10.9. The largest absolute Gasteiger partial charge is 0.324 e. The number of rotatable bonds is 4. The quantitative estimate of drug-likeness (QED) is 0.647. The third-order valence-electron chi connectivity index (χ3n) is 2.10. The lowest BCUT2D eigenvalue weighted by Crippen LogP contribution is -2.10. The van der Waals surface area contributed by atoms with Crippen LogP contribution < -0.4 is 10.6 Å².